The Kier molecular flexibility index (Phi) is 4.74. The number of aryl methyl sites for hydroxylation is 1. The minimum Gasteiger partial charge on any atom is -0.388 e. The summed E-state index contributed by atoms with van der Waals surface area (Å²) in [6, 6.07) is 4.94. The summed E-state index contributed by atoms with van der Waals surface area (Å²) in [6.45, 7) is 1.37. The Morgan fingerprint density at radius 1 is 1.38 bits per heavy atom. The maximum absolute atomic E-state index is 12.2. The van der Waals surface area contributed by atoms with Crippen molar-refractivity contribution in [3.8, 4) is 0 Å². The van der Waals surface area contributed by atoms with Gasteiger partial charge in [0.1, 0.15) is 0 Å². The summed E-state index contributed by atoms with van der Waals surface area (Å²) in [5.74, 6) is -0.233. The van der Waals surface area contributed by atoms with Crippen LogP contribution in [0.15, 0.2) is 53.8 Å². The molecule has 1 heterocycles. The number of anilines is 2. The molecule has 1 amide bonds. The number of amides is 1. The van der Waals surface area contributed by atoms with Crippen LogP contribution in [-0.4, -0.2) is 16.0 Å². The molecule has 6 heteroatoms. The number of carbonyl (C=O) groups is 1. The lowest BCUT2D eigenvalue weighted by atomic mass is 10.00. The quantitative estimate of drug-likeness (QED) is 0.473. The minimum atomic E-state index is -2.94. The lowest BCUT2D eigenvalue weighted by Crippen LogP contribution is -2.14. The van der Waals surface area contributed by atoms with E-state index in [9.17, 15) is 9.90 Å². The van der Waals surface area contributed by atoms with Crippen molar-refractivity contribution in [2.75, 3.05) is 11.1 Å². The van der Waals surface area contributed by atoms with E-state index in [1.807, 2.05) is 0 Å². The molecule has 152 valence electrons. The van der Waals surface area contributed by atoms with Gasteiger partial charge in [-0.15, -0.1) is 11.3 Å². The van der Waals surface area contributed by atoms with Crippen molar-refractivity contribution >= 4 is 28.1 Å². The Bertz CT molecular complexity index is 1230. The van der Waals surface area contributed by atoms with Gasteiger partial charge in [-0.2, -0.15) is 0 Å². The molecule has 1 atom stereocenters. The second kappa shape index (κ2) is 10.2. The molecule has 0 fully saturated rings. The van der Waals surface area contributed by atoms with Gasteiger partial charge in [0.25, 0.3) is 0 Å². The van der Waals surface area contributed by atoms with Gasteiger partial charge in [-0.1, -0.05) is 48.3 Å². The molecule has 0 saturated carbocycles. The first-order valence-corrected chi connectivity index (χ1v) is 10.0. The van der Waals surface area contributed by atoms with Crippen molar-refractivity contribution in [3.63, 3.8) is 0 Å². The molecule has 3 rings (SSSR count). The van der Waals surface area contributed by atoms with Crippen LogP contribution in [0.2, 0.25) is 0 Å². The minimum absolute atomic E-state index is 0.00960. The average Bonchev–Trinajstić information content (AvgIpc) is 3.21. The molecule has 2 aromatic carbocycles. The Hall–Kier alpha value is -2.70. The molecule has 0 unspecified atom stereocenters. The number of aliphatic hydroxyl groups is 1. The molecule has 5 nitrogen and oxygen atoms in total. The third kappa shape index (κ3) is 6.69. The van der Waals surface area contributed by atoms with Crippen LogP contribution < -0.4 is 11.1 Å². The molecule has 3 aromatic rings. The largest absolute Gasteiger partial charge is 0.388 e. The van der Waals surface area contributed by atoms with Crippen LogP contribution >= 0.6 is 11.3 Å². The zero-order valence-corrected chi connectivity index (χ0v) is 16.8. The van der Waals surface area contributed by atoms with Crippen LogP contribution in [-0.2, 0) is 17.6 Å². The summed E-state index contributed by atoms with van der Waals surface area (Å²) in [4.78, 5) is 16.2. The van der Waals surface area contributed by atoms with Gasteiger partial charge in [0.05, 0.1) is 25.0 Å². The third-order valence-electron chi connectivity index (χ3n) is 4.07. The van der Waals surface area contributed by atoms with E-state index in [4.69, 9.17) is 15.3 Å². The highest BCUT2D eigenvalue weighted by Crippen LogP contribution is 2.21. The molecule has 0 spiro atoms. The first kappa shape index (κ1) is 13.5. The van der Waals surface area contributed by atoms with Crippen molar-refractivity contribution in [2.45, 2.75) is 45.1 Å². The van der Waals surface area contributed by atoms with Gasteiger partial charge in [0.2, 0.25) is 5.91 Å². The Labute approximate surface area is 185 Å². The zero-order chi connectivity index (χ0) is 26.8. The highest BCUT2D eigenvalue weighted by molar-refractivity contribution is 7.13. The molecule has 1 aromatic heterocycles. The smallest absolute Gasteiger partial charge is 0.230 e. The Balaban J connectivity index is 1.62. The molecular weight excluding hydrogens is 382 g/mol. The van der Waals surface area contributed by atoms with Gasteiger partial charge in [0, 0.05) is 13.8 Å². The predicted octanol–water partition coefficient (Wildman–Crippen LogP) is 4.66. The molecule has 0 aliphatic carbocycles. The van der Waals surface area contributed by atoms with Gasteiger partial charge >= 0.3 is 0 Å². The van der Waals surface area contributed by atoms with E-state index in [2.05, 4.69) is 10.3 Å². The molecule has 4 N–H and O–H groups in total. The number of thiazole rings is 1. The standard InChI is InChI=1S/C23H27N3O2S/c1-16-5-4-7-18(13-16)21(27)8-3-2-6-17-9-11-19(12-10-17)25-22(28)14-20-15-29-23(24)26-20/h4-5,7,9-13,15,21,27H,2-3,6,8,14H2,1H3,(H2,24,26)(H,25,28)/t21-/m0/s1/i4D,5D,7D,8D2,13D,21D. The van der Waals surface area contributed by atoms with Crippen LogP contribution in [0.4, 0.5) is 10.8 Å². The van der Waals surface area contributed by atoms with Crippen molar-refractivity contribution < 1.29 is 19.5 Å². The van der Waals surface area contributed by atoms with Crippen LogP contribution in [0.5, 0.6) is 0 Å². The normalized spacial score (nSPS) is 17.0. The number of nitrogens with zero attached hydrogens (tertiary/aromatic N) is 1. The lowest BCUT2D eigenvalue weighted by Gasteiger charge is -2.11. The molecular formula is C23H27N3O2S. The fourth-order valence-electron chi connectivity index (χ4n) is 2.67. The number of hydrogen-bond acceptors (Lipinski definition) is 5. The fourth-order valence-corrected chi connectivity index (χ4v) is 3.23. The van der Waals surface area contributed by atoms with E-state index < -0.39 is 36.1 Å². The van der Waals surface area contributed by atoms with Crippen LogP contribution in [0.3, 0.4) is 0 Å². The SMILES string of the molecule is [2H]c1c([2H])c(C)c([2H])c([C@@]([2H])(O)C([2H])([2H])CCCc2ccc(NC(=O)Cc3csc(N)n3)cc2)c1[2H]. The number of aromatic nitrogens is 1. The number of benzene rings is 2. The van der Waals surface area contributed by atoms with E-state index in [0.717, 1.165) is 5.56 Å². The number of rotatable bonds is 9. The highest BCUT2D eigenvalue weighted by Gasteiger charge is 2.08. The summed E-state index contributed by atoms with van der Waals surface area (Å²) < 4.78 is 56.8. The first-order valence-electron chi connectivity index (χ1n) is 12.6. The van der Waals surface area contributed by atoms with Crippen molar-refractivity contribution in [1.82, 2.24) is 4.98 Å². The topological polar surface area (TPSA) is 88.2 Å². The summed E-state index contributed by atoms with van der Waals surface area (Å²) >= 11 is 1.27. The van der Waals surface area contributed by atoms with E-state index in [1.54, 1.807) is 29.6 Å². The number of nitrogens with two attached hydrogens (primary N) is 1. The third-order valence-corrected chi connectivity index (χ3v) is 4.79. The maximum atomic E-state index is 12.2. The van der Waals surface area contributed by atoms with Crippen molar-refractivity contribution in [3.05, 3.63) is 76.2 Å². The number of nitrogen functional groups attached to an aromatic ring is 1. The van der Waals surface area contributed by atoms with Gasteiger partial charge < -0.3 is 16.2 Å². The number of nitrogens with one attached hydrogen (secondary N) is 1. The molecule has 29 heavy (non-hydrogen) atoms. The fraction of sp³-hybridized carbons (Fsp3) is 0.304. The average molecular weight is 417 g/mol. The van der Waals surface area contributed by atoms with E-state index in [1.165, 1.54) is 18.3 Å². The molecule has 0 radical (unpaired) electrons. The van der Waals surface area contributed by atoms with E-state index in [0.29, 0.717) is 22.9 Å². The summed E-state index contributed by atoms with van der Waals surface area (Å²) in [5, 5.41) is 15.7. The van der Waals surface area contributed by atoms with Crippen molar-refractivity contribution in [2.24, 2.45) is 0 Å². The van der Waals surface area contributed by atoms with Gasteiger partial charge in [0.15, 0.2) is 5.13 Å². The second-order valence-corrected chi connectivity index (χ2v) is 7.37. The van der Waals surface area contributed by atoms with Crippen molar-refractivity contribution in [1.29, 1.82) is 0 Å². The number of hydrogen-bond donors (Lipinski definition) is 3. The van der Waals surface area contributed by atoms with Crippen LogP contribution in [0, 0.1) is 6.92 Å². The lowest BCUT2D eigenvalue weighted by molar-refractivity contribution is -0.115. The van der Waals surface area contributed by atoms with Gasteiger partial charge in [-0.3, -0.25) is 4.79 Å². The van der Waals surface area contributed by atoms with Crippen LogP contribution in [0.1, 0.15) is 57.3 Å². The molecule has 0 aliphatic rings. The molecule has 0 saturated heterocycles. The summed E-state index contributed by atoms with van der Waals surface area (Å²) in [7, 11) is 0. The van der Waals surface area contributed by atoms with E-state index >= 15 is 0 Å². The monoisotopic (exact) mass is 416 g/mol. The Morgan fingerprint density at radius 2 is 2.17 bits per heavy atom. The highest BCUT2D eigenvalue weighted by atomic mass is 32.1. The van der Waals surface area contributed by atoms with Crippen LogP contribution in [0.25, 0.3) is 0 Å². The predicted molar refractivity (Wildman–Crippen MR) is 119 cm³/mol. The summed E-state index contributed by atoms with van der Waals surface area (Å²) in [6.07, 6.45) is -4.91. The Morgan fingerprint density at radius 3 is 2.90 bits per heavy atom. The zero-order valence-electron chi connectivity index (χ0n) is 23.0. The maximum Gasteiger partial charge on any atom is 0.230 e. The van der Waals surface area contributed by atoms with Gasteiger partial charge in [-0.25, -0.2) is 4.98 Å². The van der Waals surface area contributed by atoms with Gasteiger partial charge in [-0.05, 0) is 49.4 Å². The molecule has 0 aliphatic heterocycles. The molecule has 0 bridgehead atoms. The summed E-state index contributed by atoms with van der Waals surface area (Å²) in [5.41, 5.74) is 7.02. The number of carbonyl (C=O) groups excluding carboxylic acids is 1. The van der Waals surface area contributed by atoms with E-state index in [-0.39, 0.29) is 36.8 Å². The second-order valence-electron chi connectivity index (χ2n) is 6.48. The first-order chi connectivity index (χ1) is 16.7.